The van der Waals surface area contributed by atoms with Gasteiger partial charge in [0.25, 0.3) is 0 Å². The van der Waals surface area contributed by atoms with Crippen molar-refractivity contribution in [1.82, 2.24) is 10.2 Å². The average molecular weight is 335 g/mol. The maximum Gasteiger partial charge on any atom is 0.318 e. The van der Waals surface area contributed by atoms with Crippen LogP contribution in [0.15, 0.2) is 18.2 Å². The fourth-order valence-electron chi connectivity index (χ4n) is 2.09. The third kappa shape index (κ3) is 4.22. The minimum Gasteiger partial charge on any atom is -0.378 e. The van der Waals surface area contributed by atoms with E-state index >= 15 is 0 Å². The van der Waals surface area contributed by atoms with E-state index in [0.717, 1.165) is 0 Å². The molecular formula is C14H17Cl2FN2O2. The van der Waals surface area contributed by atoms with Gasteiger partial charge in [-0.05, 0) is 24.1 Å². The van der Waals surface area contributed by atoms with Crippen LogP contribution in [0.5, 0.6) is 0 Å². The van der Waals surface area contributed by atoms with Gasteiger partial charge in [0, 0.05) is 13.1 Å². The van der Waals surface area contributed by atoms with Crippen LogP contribution < -0.4 is 5.32 Å². The molecule has 1 aromatic carbocycles. The first-order chi connectivity index (χ1) is 9.99. The first kappa shape index (κ1) is 16.3. The van der Waals surface area contributed by atoms with Crippen LogP contribution in [-0.4, -0.2) is 42.1 Å². The molecule has 0 spiro atoms. The maximum absolute atomic E-state index is 13.7. The van der Waals surface area contributed by atoms with E-state index in [1.165, 1.54) is 6.07 Å². The summed E-state index contributed by atoms with van der Waals surface area (Å²) in [4.78, 5) is 12.9. The zero-order valence-electron chi connectivity index (χ0n) is 11.6. The predicted molar refractivity (Wildman–Crippen MR) is 80.3 cm³/mol. The number of carbonyl (C=O) groups is 1. The lowest BCUT2D eigenvalue weighted by Gasteiger charge is -2.30. The zero-order valence-corrected chi connectivity index (χ0v) is 13.1. The van der Waals surface area contributed by atoms with E-state index in [1.54, 1.807) is 24.0 Å². The van der Waals surface area contributed by atoms with E-state index in [1.807, 2.05) is 0 Å². The fraction of sp³-hybridized carbons (Fsp3) is 0.500. The summed E-state index contributed by atoms with van der Waals surface area (Å²) in [5, 5.41) is 2.75. The Labute approximate surface area is 133 Å². The Hall–Kier alpha value is -1.04. The quantitative estimate of drug-likeness (QED) is 0.863. The summed E-state index contributed by atoms with van der Waals surface area (Å²) in [7, 11) is 0. The Kier molecular flexibility index (Phi) is 5.67. The molecule has 1 atom stereocenters. The highest BCUT2D eigenvalue weighted by Crippen LogP contribution is 2.26. The molecule has 1 aliphatic rings. The summed E-state index contributed by atoms with van der Waals surface area (Å²) in [6.45, 7) is 3.69. The Morgan fingerprint density at radius 1 is 1.38 bits per heavy atom. The van der Waals surface area contributed by atoms with Crippen molar-refractivity contribution in [2.24, 2.45) is 0 Å². The minimum atomic E-state index is -0.878. The highest BCUT2D eigenvalue weighted by molar-refractivity contribution is 6.44. The lowest BCUT2D eigenvalue weighted by molar-refractivity contribution is 0.0526. The Morgan fingerprint density at radius 3 is 2.62 bits per heavy atom. The summed E-state index contributed by atoms with van der Waals surface area (Å²) in [6, 6.07) is 3.74. The highest BCUT2D eigenvalue weighted by atomic mass is 35.5. The monoisotopic (exact) mass is 334 g/mol. The molecule has 21 heavy (non-hydrogen) atoms. The van der Waals surface area contributed by atoms with Crippen LogP contribution in [0, 0.1) is 12.7 Å². The van der Waals surface area contributed by atoms with Crippen molar-refractivity contribution >= 4 is 29.2 Å². The molecule has 2 rings (SSSR count). The van der Waals surface area contributed by atoms with E-state index in [0.29, 0.717) is 37.4 Å². The first-order valence-corrected chi connectivity index (χ1v) is 7.53. The van der Waals surface area contributed by atoms with Crippen molar-refractivity contribution < 1.29 is 13.9 Å². The number of hydrogen-bond acceptors (Lipinski definition) is 2. The second kappa shape index (κ2) is 7.29. The highest BCUT2D eigenvalue weighted by Gasteiger charge is 2.25. The standard InChI is InChI=1S/C14H17Cl2FN2O2/c1-9-2-3-10(8-11(9)17)12(13(15)16)18-14(20)19-4-6-21-7-5-19/h2-3,8,12-13H,4-7H2,1H3,(H,18,20)/t12-/m0/s1. The lowest BCUT2D eigenvalue weighted by atomic mass is 10.1. The smallest absolute Gasteiger partial charge is 0.318 e. The van der Waals surface area contributed by atoms with Gasteiger partial charge in [0.1, 0.15) is 10.7 Å². The molecular weight excluding hydrogens is 318 g/mol. The van der Waals surface area contributed by atoms with E-state index in [-0.39, 0.29) is 11.8 Å². The number of carbonyl (C=O) groups excluding carboxylic acids is 1. The normalized spacial score (nSPS) is 16.9. The number of morpholine rings is 1. The van der Waals surface area contributed by atoms with Gasteiger partial charge in [-0.1, -0.05) is 12.1 Å². The van der Waals surface area contributed by atoms with Crippen LogP contribution >= 0.6 is 23.2 Å². The Balaban J connectivity index is 2.11. The van der Waals surface area contributed by atoms with Gasteiger partial charge < -0.3 is 15.0 Å². The number of alkyl halides is 2. The van der Waals surface area contributed by atoms with Crippen molar-refractivity contribution in [1.29, 1.82) is 0 Å². The van der Waals surface area contributed by atoms with Crippen molar-refractivity contribution in [2.45, 2.75) is 17.8 Å². The molecule has 1 heterocycles. The number of nitrogens with one attached hydrogen (secondary N) is 1. The number of hydrogen-bond donors (Lipinski definition) is 1. The number of halogens is 3. The molecule has 1 N–H and O–H groups in total. The van der Waals surface area contributed by atoms with Crippen LogP contribution in [0.1, 0.15) is 17.2 Å². The van der Waals surface area contributed by atoms with Gasteiger partial charge in [0.2, 0.25) is 0 Å². The molecule has 1 aliphatic heterocycles. The largest absolute Gasteiger partial charge is 0.378 e. The second-order valence-electron chi connectivity index (χ2n) is 4.87. The molecule has 1 saturated heterocycles. The zero-order chi connectivity index (χ0) is 15.4. The molecule has 116 valence electrons. The summed E-state index contributed by atoms with van der Waals surface area (Å²) < 4.78 is 18.9. The molecule has 0 aromatic heterocycles. The number of aryl methyl sites for hydroxylation is 1. The van der Waals surface area contributed by atoms with E-state index in [2.05, 4.69) is 5.32 Å². The molecule has 1 aromatic rings. The third-order valence-corrected chi connectivity index (χ3v) is 3.89. The third-order valence-electron chi connectivity index (χ3n) is 3.38. The van der Waals surface area contributed by atoms with Gasteiger partial charge in [0.05, 0.1) is 19.3 Å². The molecule has 2 amide bonds. The molecule has 0 unspecified atom stereocenters. The van der Waals surface area contributed by atoms with Crippen LogP contribution in [0.4, 0.5) is 9.18 Å². The van der Waals surface area contributed by atoms with E-state index in [9.17, 15) is 9.18 Å². The van der Waals surface area contributed by atoms with Crippen molar-refractivity contribution in [3.63, 3.8) is 0 Å². The lowest BCUT2D eigenvalue weighted by Crippen LogP contribution is -2.48. The molecule has 1 fully saturated rings. The number of rotatable bonds is 3. The summed E-state index contributed by atoms with van der Waals surface area (Å²) in [6.07, 6.45) is 0. The summed E-state index contributed by atoms with van der Waals surface area (Å²) >= 11 is 11.9. The van der Waals surface area contributed by atoms with Crippen LogP contribution in [0.3, 0.4) is 0 Å². The van der Waals surface area contributed by atoms with Gasteiger partial charge >= 0.3 is 6.03 Å². The minimum absolute atomic E-state index is 0.282. The van der Waals surface area contributed by atoms with Crippen LogP contribution in [0.2, 0.25) is 0 Å². The van der Waals surface area contributed by atoms with Gasteiger partial charge in [-0.3, -0.25) is 0 Å². The van der Waals surface area contributed by atoms with Crippen molar-refractivity contribution in [2.75, 3.05) is 26.3 Å². The maximum atomic E-state index is 13.7. The second-order valence-corrected chi connectivity index (χ2v) is 6.03. The molecule has 0 saturated carbocycles. The van der Waals surface area contributed by atoms with E-state index < -0.39 is 10.9 Å². The number of benzene rings is 1. The number of amides is 2. The predicted octanol–water partition coefficient (Wildman–Crippen LogP) is 3.02. The van der Waals surface area contributed by atoms with Crippen molar-refractivity contribution in [3.05, 3.63) is 35.1 Å². The number of urea groups is 1. The molecule has 0 radical (unpaired) electrons. The first-order valence-electron chi connectivity index (χ1n) is 6.66. The van der Waals surface area contributed by atoms with Gasteiger partial charge in [-0.15, -0.1) is 23.2 Å². The Bertz CT molecular complexity index is 508. The van der Waals surface area contributed by atoms with Gasteiger partial charge in [-0.25, -0.2) is 9.18 Å². The topological polar surface area (TPSA) is 41.6 Å². The molecule has 7 heteroatoms. The van der Waals surface area contributed by atoms with E-state index in [4.69, 9.17) is 27.9 Å². The average Bonchev–Trinajstić information content (AvgIpc) is 2.48. The summed E-state index contributed by atoms with van der Waals surface area (Å²) in [5.41, 5.74) is 1.06. The molecule has 0 bridgehead atoms. The van der Waals surface area contributed by atoms with Crippen LogP contribution in [0.25, 0.3) is 0 Å². The van der Waals surface area contributed by atoms with Gasteiger partial charge in [0.15, 0.2) is 0 Å². The van der Waals surface area contributed by atoms with Crippen LogP contribution in [-0.2, 0) is 4.74 Å². The SMILES string of the molecule is Cc1ccc([C@H](NC(=O)N2CCOCC2)C(Cl)Cl)cc1F. The van der Waals surface area contributed by atoms with Gasteiger partial charge in [-0.2, -0.15) is 0 Å². The molecule has 4 nitrogen and oxygen atoms in total. The summed E-state index contributed by atoms with van der Waals surface area (Å²) in [5.74, 6) is -0.355. The van der Waals surface area contributed by atoms with Crippen molar-refractivity contribution in [3.8, 4) is 0 Å². The molecule has 0 aliphatic carbocycles. The number of nitrogens with zero attached hydrogens (tertiary/aromatic N) is 1. The number of ether oxygens (including phenoxy) is 1. The fourth-order valence-corrected chi connectivity index (χ4v) is 2.50. The Morgan fingerprint density at radius 2 is 2.05 bits per heavy atom.